The first-order chi connectivity index (χ1) is 8.35. The van der Waals surface area contributed by atoms with Crippen molar-refractivity contribution in [2.75, 3.05) is 25.9 Å². The highest BCUT2D eigenvalue weighted by Gasteiger charge is 2.20. The van der Waals surface area contributed by atoms with Gasteiger partial charge in [0.05, 0.1) is 0 Å². The molecule has 1 aromatic carbocycles. The molecule has 0 aromatic heterocycles. The summed E-state index contributed by atoms with van der Waals surface area (Å²) in [4.78, 5) is 3.86. The standard InChI is InChI=1S/C14H22N2S/c1-17-13-7-5-12(6-8-13)14(11-15)16-9-3-2-4-10-16/h5-8,14H,2-4,9-11,15H2,1H3. The van der Waals surface area contributed by atoms with Gasteiger partial charge in [0.25, 0.3) is 0 Å². The quantitative estimate of drug-likeness (QED) is 0.833. The first-order valence-corrected chi connectivity index (χ1v) is 7.65. The van der Waals surface area contributed by atoms with E-state index in [1.165, 1.54) is 42.8 Å². The largest absolute Gasteiger partial charge is 0.329 e. The Hall–Kier alpha value is -0.510. The number of nitrogens with two attached hydrogens (primary N) is 1. The van der Waals surface area contributed by atoms with E-state index in [9.17, 15) is 0 Å². The summed E-state index contributed by atoms with van der Waals surface area (Å²) in [6.07, 6.45) is 6.12. The van der Waals surface area contributed by atoms with E-state index in [-0.39, 0.29) is 0 Å². The molecule has 2 N–H and O–H groups in total. The predicted octanol–water partition coefficient (Wildman–Crippen LogP) is 2.89. The van der Waals surface area contributed by atoms with E-state index in [2.05, 4.69) is 35.4 Å². The van der Waals surface area contributed by atoms with Crippen molar-refractivity contribution < 1.29 is 0 Å². The summed E-state index contributed by atoms with van der Waals surface area (Å²) >= 11 is 1.79. The van der Waals surface area contributed by atoms with Crippen molar-refractivity contribution in [2.24, 2.45) is 5.73 Å². The van der Waals surface area contributed by atoms with Gasteiger partial charge in [-0.3, -0.25) is 4.90 Å². The second-order valence-electron chi connectivity index (χ2n) is 4.62. The lowest BCUT2D eigenvalue weighted by Gasteiger charge is -2.34. The molecule has 1 atom stereocenters. The normalized spacial score (nSPS) is 19.2. The summed E-state index contributed by atoms with van der Waals surface area (Å²) < 4.78 is 0. The van der Waals surface area contributed by atoms with E-state index in [0.29, 0.717) is 6.04 Å². The maximum absolute atomic E-state index is 5.96. The van der Waals surface area contributed by atoms with E-state index in [4.69, 9.17) is 5.73 Å². The number of nitrogens with zero attached hydrogens (tertiary/aromatic N) is 1. The molecule has 17 heavy (non-hydrogen) atoms. The van der Waals surface area contributed by atoms with Gasteiger partial charge < -0.3 is 5.73 Å². The molecular weight excluding hydrogens is 228 g/mol. The monoisotopic (exact) mass is 250 g/mol. The van der Waals surface area contributed by atoms with Crippen molar-refractivity contribution in [1.82, 2.24) is 4.90 Å². The van der Waals surface area contributed by atoms with Gasteiger partial charge in [-0.15, -0.1) is 11.8 Å². The Bertz CT molecular complexity index is 331. The minimum absolute atomic E-state index is 0.409. The van der Waals surface area contributed by atoms with Crippen LogP contribution in [-0.4, -0.2) is 30.8 Å². The Morgan fingerprint density at radius 2 is 1.82 bits per heavy atom. The highest BCUT2D eigenvalue weighted by molar-refractivity contribution is 7.98. The van der Waals surface area contributed by atoms with Crippen molar-refractivity contribution in [3.8, 4) is 0 Å². The van der Waals surface area contributed by atoms with Crippen LogP contribution in [-0.2, 0) is 0 Å². The van der Waals surface area contributed by atoms with Crippen LogP contribution in [0.3, 0.4) is 0 Å². The van der Waals surface area contributed by atoms with Crippen LogP contribution in [0.25, 0.3) is 0 Å². The molecule has 1 aliphatic rings. The number of piperidine rings is 1. The molecule has 2 nitrogen and oxygen atoms in total. The lowest BCUT2D eigenvalue weighted by atomic mass is 10.0. The second kappa shape index (κ2) is 6.43. The summed E-state index contributed by atoms with van der Waals surface area (Å²) in [5.74, 6) is 0. The topological polar surface area (TPSA) is 29.3 Å². The minimum Gasteiger partial charge on any atom is -0.329 e. The van der Waals surface area contributed by atoms with Gasteiger partial charge in [-0.05, 0) is 49.9 Å². The van der Waals surface area contributed by atoms with Gasteiger partial charge in [0.1, 0.15) is 0 Å². The zero-order valence-electron chi connectivity index (χ0n) is 10.6. The van der Waals surface area contributed by atoms with Gasteiger partial charge in [0, 0.05) is 17.5 Å². The van der Waals surface area contributed by atoms with E-state index >= 15 is 0 Å². The molecule has 1 saturated heterocycles. The van der Waals surface area contributed by atoms with E-state index in [1.54, 1.807) is 11.8 Å². The van der Waals surface area contributed by atoms with Crippen LogP contribution in [0.2, 0.25) is 0 Å². The zero-order valence-corrected chi connectivity index (χ0v) is 11.4. The average Bonchev–Trinajstić information content (AvgIpc) is 2.42. The van der Waals surface area contributed by atoms with Crippen LogP contribution in [0, 0.1) is 0 Å². The maximum Gasteiger partial charge on any atom is 0.0470 e. The van der Waals surface area contributed by atoms with Crippen LogP contribution in [0.4, 0.5) is 0 Å². The second-order valence-corrected chi connectivity index (χ2v) is 5.50. The van der Waals surface area contributed by atoms with Crippen LogP contribution < -0.4 is 5.73 Å². The molecule has 0 aliphatic carbocycles. The van der Waals surface area contributed by atoms with Crippen molar-refractivity contribution in [1.29, 1.82) is 0 Å². The van der Waals surface area contributed by atoms with Gasteiger partial charge in [0.2, 0.25) is 0 Å². The van der Waals surface area contributed by atoms with Crippen molar-refractivity contribution in [3.63, 3.8) is 0 Å². The molecule has 2 rings (SSSR count). The summed E-state index contributed by atoms with van der Waals surface area (Å²) in [5.41, 5.74) is 7.33. The van der Waals surface area contributed by atoms with Gasteiger partial charge in [-0.1, -0.05) is 18.6 Å². The number of rotatable bonds is 4. The van der Waals surface area contributed by atoms with Gasteiger partial charge in [-0.2, -0.15) is 0 Å². The third-order valence-corrected chi connectivity index (χ3v) is 4.30. The van der Waals surface area contributed by atoms with E-state index < -0.39 is 0 Å². The van der Waals surface area contributed by atoms with Gasteiger partial charge >= 0.3 is 0 Å². The highest BCUT2D eigenvalue weighted by Crippen LogP contribution is 2.25. The Morgan fingerprint density at radius 1 is 1.18 bits per heavy atom. The van der Waals surface area contributed by atoms with E-state index in [1.807, 2.05) is 0 Å². The predicted molar refractivity (Wildman–Crippen MR) is 75.4 cm³/mol. The first-order valence-electron chi connectivity index (χ1n) is 6.43. The number of likely N-dealkylation sites (tertiary alicyclic amines) is 1. The summed E-state index contributed by atoms with van der Waals surface area (Å²) in [6.45, 7) is 3.12. The molecule has 0 bridgehead atoms. The van der Waals surface area contributed by atoms with E-state index in [0.717, 1.165) is 6.54 Å². The van der Waals surface area contributed by atoms with Crippen LogP contribution >= 0.6 is 11.8 Å². The Kier molecular flexibility index (Phi) is 4.89. The number of benzene rings is 1. The lowest BCUT2D eigenvalue weighted by Crippen LogP contribution is -2.37. The SMILES string of the molecule is CSc1ccc(C(CN)N2CCCCC2)cc1. The molecule has 94 valence electrons. The zero-order chi connectivity index (χ0) is 12.1. The van der Waals surface area contributed by atoms with Crippen LogP contribution in [0.15, 0.2) is 29.2 Å². The molecule has 1 heterocycles. The third kappa shape index (κ3) is 3.24. The third-order valence-electron chi connectivity index (χ3n) is 3.56. The number of hydrogen-bond acceptors (Lipinski definition) is 3. The summed E-state index contributed by atoms with van der Waals surface area (Å²) in [6, 6.07) is 9.28. The molecule has 1 fully saturated rings. The summed E-state index contributed by atoms with van der Waals surface area (Å²) in [7, 11) is 0. The smallest absolute Gasteiger partial charge is 0.0470 e. The molecule has 1 aromatic rings. The fraction of sp³-hybridized carbons (Fsp3) is 0.571. The minimum atomic E-state index is 0.409. The molecule has 0 radical (unpaired) electrons. The van der Waals surface area contributed by atoms with Gasteiger partial charge in [-0.25, -0.2) is 0 Å². The molecule has 3 heteroatoms. The first kappa shape index (κ1) is 12.9. The fourth-order valence-corrected chi connectivity index (χ4v) is 2.96. The summed E-state index contributed by atoms with van der Waals surface area (Å²) in [5, 5.41) is 0. The molecule has 1 unspecified atom stereocenters. The molecular formula is C14H22N2S. The highest BCUT2D eigenvalue weighted by atomic mass is 32.2. The van der Waals surface area contributed by atoms with Crippen LogP contribution in [0.1, 0.15) is 30.9 Å². The number of thioether (sulfide) groups is 1. The fourth-order valence-electron chi connectivity index (χ4n) is 2.55. The Labute approximate surface area is 109 Å². The molecule has 1 aliphatic heterocycles. The van der Waals surface area contributed by atoms with Crippen molar-refractivity contribution in [2.45, 2.75) is 30.2 Å². The Balaban J connectivity index is 2.10. The van der Waals surface area contributed by atoms with Gasteiger partial charge in [0.15, 0.2) is 0 Å². The molecule has 0 spiro atoms. The van der Waals surface area contributed by atoms with Crippen LogP contribution in [0.5, 0.6) is 0 Å². The number of hydrogen-bond donors (Lipinski definition) is 1. The Morgan fingerprint density at radius 3 is 2.35 bits per heavy atom. The maximum atomic E-state index is 5.96. The molecule has 0 saturated carbocycles. The molecule has 0 amide bonds. The average molecular weight is 250 g/mol. The lowest BCUT2D eigenvalue weighted by molar-refractivity contribution is 0.167. The van der Waals surface area contributed by atoms with Crippen molar-refractivity contribution >= 4 is 11.8 Å². The van der Waals surface area contributed by atoms with Crippen molar-refractivity contribution in [3.05, 3.63) is 29.8 Å².